The Balaban J connectivity index is 0.000000112. The average molecular weight is 168 g/mol. The summed E-state index contributed by atoms with van der Waals surface area (Å²) in [5.41, 5.74) is 4.53. The van der Waals surface area contributed by atoms with Gasteiger partial charge in [0, 0.05) is 26.2 Å². The zero-order valence-corrected chi connectivity index (χ0v) is 8.26. The highest BCUT2D eigenvalue weighted by atomic mass is 28.2. The molecule has 0 aromatic rings. The zero-order chi connectivity index (χ0) is 7.78. The first-order valence-corrected chi connectivity index (χ1v) is 5.86. The van der Waals surface area contributed by atoms with Crippen LogP contribution in [0.2, 0.25) is 0 Å². The topological polar surface area (TPSA) is 24.1 Å². The fraction of sp³-hybridized carbons (Fsp3) is 0.500. The van der Waals surface area contributed by atoms with Gasteiger partial charge in [0.2, 0.25) is 0 Å². The maximum absolute atomic E-state index is 3.22. The zero-order valence-electron chi connectivity index (χ0n) is 6.84. The minimum absolute atomic E-state index is 0.182. The van der Waals surface area contributed by atoms with Crippen LogP contribution in [-0.2, 0) is 0 Å². The molecule has 0 aliphatic carbocycles. The number of rotatable bonds is 0. The van der Waals surface area contributed by atoms with Gasteiger partial charge in [0.05, 0.1) is 9.52 Å². The van der Waals surface area contributed by atoms with Crippen LogP contribution in [0.4, 0.5) is 0 Å². The lowest BCUT2D eigenvalue weighted by Crippen LogP contribution is -2.39. The second-order valence-corrected chi connectivity index (χ2v) is 4.01. The lowest BCUT2D eigenvalue weighted by Gasteiger charge is -2.11. The van der Waals surface area contributed by atoms with Gasteiger partial charge < -0.3 is 10.6 Å². The van der Waals surface area contributed by atoms with Gasteiger partial charge in [0.25, 0.3) is 0 Å². The molecule has 2 N–H and O–H groups in total. The maximum Gasteiger partial charge on any atom is 0.0691 e. The second kappa shape index (κ2) is 6.33. The van der Waals surface area contributed by atoms with Gasteiger partial charge in [0.1, 0.15) is 0 Å². The van der Waals surface area contributed by atoms with Gasteiger partial charge in [-0.25, -0.2) is 0 Å². The van der Waals surface area contributed by atoms with Crippen molar-refractivity contribution in [1.29, 1.82) is 0 Å². The largest absolute Gasteiger partial charge is 0.314 e. The summed E-state index contributed by atoms with van der Waals surface area (Å²) in [5, 5.41) is 6.44. The standard InChI is InChI=1S/C4H10N2.C4H6Si/c1-2-6-4-3-5-1;1-2-4-5-3-1/h5-6H,1-4H2;1-4H,5H2. The second-order valence-electron chi connectivity index (χ2n) is 2.59. The molecule has 0 saturated carbocycles. The van der Waals surface area contributed by atoms with E-state index in [2.05, 4.69) is 34.2 Å². The Morgan fingerprint density at radius 2 is 1.27 bits per heavy atom. The molecule has 2 heterocycles. The molecule has 0 bridgehead atoms. The highest BCUT2D eigenvalue weighted by Gasteiger charge is 1.91. The molecule has 2 rings (SSSR count). The van der Waals surface area contributed by atoms with Gasteiger partial charge in [-0.3, -0.25) is 0 Å². The normalized spacial score (nSPS) is 21.1. The fourth-order valence-corrected chi connectivity index (χ4v) is 1.78. The summed E-state index contributed by atoms with van der Waals surface area (Å²) >= 11 is 0. The Morgan fingerprint density at radius 3 is 1.45 bits per heavy atom. The van der Waals surface area contributed by atoms with Gasteiger partial charge in [-0.15, -0.1) is 0 Å². The number of nitrogens with one attached hydrogen (secondary N) is 2. The van der Waals surface area contributed by atoms with E-state index in [0.29, 0.717) is 0 Å². The van der Waals surface area contributed by atoms with Crippen molar-refractivity contribution in [3.05, 3.63) is 23.6 Å². The molecule has 62 valence electrons. The monoisotopic (exact) mass is 168 g/mol. The summed E-state index contributed by atoms with van der Waals surface area (Å²) in [5.74, 6) is 0. The number of allylic oxidation sites excluding steroid dienone is 2. The van der Waals surface area contributed by atoms with E-state index in [4.69, 9.17) is 0 Å². The number of piperazine rings is 1. The molecule has 0 amide bonds. The van der Waals surface area contributed by atoms with E-state index in [1.54, 1.807) is 0 Å². The van der Waals surface area contributed by atoms with Crippen LogP contribution in [0.5, 0.6) is 0 Å². The van der Waals surface area contributed by atoms with Crippen LogP contribution in [-0.4, -0.2) is 35.7 Å². The quantitative estimate of drug-likeness (QED) is 0.471. The third-order valence-electron chi connectivity index (χ3n) is 1.61. The van der Waals surface area contributed by atoms with Crippen LogP contribution < -0.4 is 10.6 Å². The Bertz CT molecular complexity index is 118. The van der Waals surface area contributed by atoms with Crippen molar-refractivity contribution < 1.29 is 0 Å². The third kappa shape index (κ3) is 4.95. The van der Waals surface area contributed by atoms with E-state index in [1.807, 2.05) is 0 Å². The molecule has 1 fully saturated rings. The average Bonchev–Trinajstić information content (AvgIpc) is 2.64. The summed E-state index contributed by atoms with van der Waals surface area (Å²) in [6, 6.07) is 0. The minimum Gasteiger partial charge on any atom is -0.314 e. The maximum atomic E-state index is 3.22. The van der Waals surface area contributed by atoms with Gasteiger partial charge in [0.15, 0.2) is 0 Å². The van der Waals surface area contributed by atoms with Crippen LogP contribution in [0.3, 0.4) is 0 Å². The lowest BCUT2D eigenvalue weighted by molar-refractivity contribution is 0.534. The molecular formula is C8H16N2Si. The molecule has 0 spiro atoms. The van der Waals surface area contributed by atoms with Gasteiger partial charge in [-0.05, 0) is 0 Å². The van der Waals surface area contributed by atoms with Gasteiger partial charge in [-0.1, -0.05) is 23.6 Å². The molecule has 2 nitrogen and oxygen atoms in total. The van der Waals surface area contributed by atoms with Crippen molar-refractivity contribution >= 4 is 9.52 Å². The molecule has 0 radical (unpaired) electrons. The number of hydrogen-bond acceptors (Lipinski definition) is 2. The molecule has 0 aromatic heterocycles. The Kier molecular flexibility index (Phi) is 5.02. The molecule has 2 aliphatic rings. The van der Waals surface area contributed by atoms with Crippen LogP contribution >= 0.6 is 0 Å². The molecule has 1 saturated heterocycles. The summed E-state index contributed by atoms with van der Waals surface area (Å²) in [6.07, 6.45) is 4.23. The summed E-state index contributed by atoms with van der Waals surface area (Å²) in [6.45, 7) is 4.56. The predicted octanol–water partition coefficient (Wildman–Crippen LogP) is -0.625. The van der Waals surface area contributed by atoms with E-state index in [-0.39, 0.29) is 9.52 Å². The van der Waals surface area contributed by atoms with E-state index in [1.165, 1.54) is 0 Å². The van der Waals surface area contributed by atoms with E-state index < -0.39 is 0 Å². The molecule has 11 heavy (non-hydrogen) atoms. The number of hydrogen-bond donors (Lipinski definition) is 2. The van der Waals surface area contributed by atoms with Crippen molar-refractivity contribution in [3.8, 4) is 0 Å². The van der Waals surface area contributed by atoms with Crippen LogP contribution in [0.1, 0.15) is 0 Å². The van der Waals surface area contributed by atoms with Crippen molar-refractivity contribution in [2.45, 2.75) is 0 Å². The van der Waals surface area contributed by atoms with Crippen LogP contribution in [0.15, 0.2) is 23.6 Å². The predicted molar refractivity (Wildman–Crippen MR) is 52.6 cm³/mol. The first-order chi connectivity index (χ1) is 5.50. The highest BCUT2D eigenvalue weighted by Crippen LogP contribution is 1.82. The first kappa shape index (κ1) is 8.71. The highest BCUT2D eigenvalue weighted by molar-refractivity contribution is 6.49. The van der Waals surface area contributed by atoms with Gasteiger partial charge in [-0.2, -0.15) is 0 Å². The molecule has 0 aromatic carbocycles. The summed E-state index contributed by atoms with van der Waals surface area (Å²) in [4.78, 5) is 0. The Labute approximate surface area is 70.6 Å². The first-order valence-electron chi connectivity index (χ1n) is 4.23. The Morgan fingerprint density at radius 1 is 0.818 bits per heavy atom. The van der Waals surface area contributed by atoms with E-state index >= 15 is 0 Å². The van der Waals surface area contributed by atoms with Crippen LogP contribution in [0.25, 0.3) is 0 Å². The molecule has 2 aliphatic heterocycles. The molecular weight excluding hydrogens is 152 g/mol. The van der Waals surface area contributed by atoms with Crippen LogP contribution in [0, 0.1) is 0 Å². The minimum atomic E-state index is 0.182. The smallest absolute Gasteiger partial charge is 0.0691 e. The SMILES string of the molecule is C1=C[SiH2]C=C1.C1CNCCN1. The van der Waals surface area contributed by atoms with Crippen molar-refractivity contribution in [2.24, 2.45) is 0 Å². The molecule has 0 atom stereocenters. The Hall–Kier alpha value is -0.383. The fourth-order valence-electron chi connectivity index (χ4n) is 0.996. The lowest BCUT2D eigenvalue weighted by atomic mass is 10.4. The van der Waals surface area contributed by atoms with Crippen molar-refractivity contribution in [3.63, 3.8) is 0 Å². The van der Waals surface area contributed by atoms with Crippen molar-refractivity contribution in [2.75, 3.05) is 26.2 Å². The summed E-state index contributed by atoms with van der Waals surface area (Å²) < 4.78 is 0. The third-order valence-corrected chi connectivity index (χ3v) is 2.70. The molecule has 0 unspecified atom stereocenters. The van der Waals surface area contributed by atoms with Gasteiger partial charge >= 0.3 is 0 Å². The molecule has 3 heteroatoms. The van der Waals surface area contributed by atoms with Crippen molar-refractivity contribution in [1.82, 2.24) is 10.6 Å². The van der Waals surface area contributed by atoms with E-state index in [9.17, 15) is 0 Å². The van der Waals surface area contributed by atoms with E-state index in [0.717, 1.165) is 26.2 Å². The summed E-state index contributed by atoms with van der Waals surface area (Å²) in [7, 11) is 0.182.